The summed E-state index contributed by atoms with van der Waals surface area (Å²) in [7, 11) is 0. The van der Waals surface area contributed by atoms with Crippen molar-refractivity contribution < 1.29 is 18.4 Å². The molecule has 88 valence electrons. The van der Waals surface area contributed by atoms with Crippen LogP contribution in [0.2, 0.25) is 0 Å². The van der Waals surface area contributed by atoms with Crippen molar-refractivity contribution in [3.63, 3.8) is 0 Å². The zero-order valence-electron chi connectivity index (χ0n) is 9.63. The molecule has 0 radical (unpaired) electrons. The van der Waals surface area contributed by atoms with Crippen molar-refractivity contribution in [3.05, 3.63) is 0 Å². The highest BCUT2D eigenvalue weighted by Crippen LogP contribution is 2.54. The van der Waals surface area contributed by atoms with Gasteiger partial charge in [0.05, 0.1) is 25.4 Å². The predicted octanol–water partition coefficient (Wildman–Crippen LogP) is 2.18. The van der Waals surface area contributed by atoms with E-state index < -0.39 is 13.2 Å². The fraction of sp³-hybridized carbons (Fsp3) is 1.00. The van der Waals surface area contributed by atoms with Gasteiger partial charge in [0.1, 0.15) is 0 Å². The molecule has 0 spiro atoms. The van der Waals surface area contributed by atoms with Crippen molar-refractivity contribution in [1.29, 1.82) is 0 Å². The zero-order chi connectivity index (χ0) is 11.5. The molecule has 0 saturated carbocycles. The van der Waals surface area contributed by atoms with E-state index in [9.17, 15) is 0 Å². The summed E-state index contributed by atoms with van der Waals surface area (Å²) in [5, 5.41) is 0. The predicted molar refractivity (Wildman–Crippen MR) is 64.4 cm³/mol. The van der Waals surface area contributed by atoms with Gasteiger partial charge in [0.2, 0.25) is 6.37 Å². The van der Waals surface area contributed by atoms with Gasteiger partial charge in [-0.15, -0.1) is 0 Å². The zero-order valence-corrected chi connectivity index (χ0v) is 11.3. The maximum Gasteiger partial charge on any atom is 0.554 e. The van der Waals surface area contributed by atoms with Crippen molar-refractivity contribution in [3.8, 4) is 0 Å². The Bertz CT molecular complexity index is 233. The summed E-state index contributed by atoms with van der Waals surface area (Å²) in [6.07, 6.45) is -2.37. The first kappa shape index (κ1) is 13.6. The van der Waals surface area contributed by atoms with Crippen molar-refractivity contribution in [2.45, 2.75) is 39.9 Å². The largest absolute Gasteiger partial charge is 0.554 e. The van der Waals surface area contributed by atoms with Gasteiger partial charge in [-0.2, -0.15) is 0 Å². The summed E-state index contributed by atoms with van der Waals surface area (Å²) in [4.78, 5) is 0. The normalized spacial score (nSPS) is 27.3. The summed E-state index contributed by atoms with van der Waals surface area (Å²) in [5.41, 5.74) is 0. The molecule has 1 rings (SSSR count). The van der Waals surface area contributed by atoms with E-state index in [0.717, 1.165) is 0 Å². The van der Waals surface area contributed by atoms with Crippen LogP contribution in [0.1, 0.15) is 27.7 Å². The first-order valence-electron chi connectivity index (χ1n) is 5.23. The minimum absolute atomic E-state index is 0.0400. The molecule has 4 nitrogen and oxygen atoms in total. The van der Waals surface area contributed by atoms with E-state index in [1.165, 1.54) is 0 Å². The smallest absolute Gasteiger partial charge is 0.399 e. The molecule has 0 aromatic carbocycles. The minimum Gasteiger partial charge on any atom is -0.399 e. The van der Waals surface area contributed by atoms with Crippen molar-refractivity contribution >= 4 is 25.0 Å². The van der Waals surface area contributed by atoms with Crippen LogP contribution in [-0.4, -0.2) is 32.3 Å². The molecule has 1 aliphatic heterocycles. The Kier molecular flexibility index (Phi) is 5.23. The fourth-order valence-electron chi connectivity index (χ4n) is 1.29. The Balaban J connectivity index is 2.69. The molecule has 2 atom stereocenters. The highest BCUT2D eigenvalue weighted by molar-refractivity contribution is 8.24. The summed E-state index contributed by atoms with van der Waals surface area (Å²) >= 11 is 5.38. The van der Waals surface area contributed by atoms with Gasteiger partial charge in [-0.1, -0.05) is 0 Å². The molecular formula is C8H18BO4PS. The van der Waals surface area contributed by atoms with Gasteiger partial charge >= 0.3 is 6.84 Å². The molecule has 0 aromatic rings. The molecule has 0 amide bonds. The third-order valence-electron chi connectivity index (χ3n) is 2.20. The van der Waals surface area contributed by atoms with Gasteiger partial charge in [-0.3, -0.25) is 0 Å². The first-order chi connectivity index (χ1) is 7.03. The lowest BCUT2D eigenvalue weighted by molar-refractivity contribution is 0.187. The molecule has 1 aliphatic rings. The maximum atomic E-state index is 5.62. The molecule has 1 saturated heterocycles. The highest BCUT2D eigenvalue weighted by atomic mass is 32.4. The lowest BCUT2D eigenvalue weighted by Gasteiger charge is -2.22. The molecule has 0 aromatic heterocycles. The van der Waals surface area contributed by atoms with Gasteiger partial charge in [0.15, 0.2) is 0 Å². The van der Waals surface area contributed by atoms with Crippen LogP contribution < -0.4 is 0 Å². The Morgan fingerprint density at radius 3 is 1.87 bits per heavy atom. The molecule has 0 bridgehead atoms. The lowest BCUT2D eigenvalue weighted by Crippen LogP contribution is -2.20. The van der Waals surface area contributed by atoms with E-state index in [1.807, 2.05) is 27.7 Å². The standard InChI is InChI=1S/C8H18BO4PS/c1-5-10-14(15,11-6-2)9-12-7(3)8(4)13-9/h7-8H,5-6H2,1-4H3. The van der Waals surface area contributed by atoms with Gasteiger partial charge in [0.25, 0.3) is 0 Å². The van der Waals surface area contributed by atoms with Crippen LogP contribution in [0.5, 0.6) is 0 Å². The Morgan fingerprint density at radius 1 is 1.13 bits per heavy atom. The van der Waals surface area contributed by atoms with E-state index >= 15 is 0 Å². The van der Waals surface area contributed by atoms with Crippen LogP contribution in [0.25, 0.3) is 0 Å². The van der Waals surface area contributed by atoms with Crippen LogP contribution in [0.3, 0.4) is 0 Å². The van der Waals surface area contributed by atoms with E-state index in [4.69, 9.17) is 30.2 Å². The third-order valence-corrected chi connectivity index (χ3v) is 5.34. The van der Waals surface area contributed by atoms with Gasteiger partial charge in [-0.05, 0) is 39.5 Å². The van der Waals surface area contributed by atoms with E-state index in [1.54, 1.807) is 0 Å². The van der Waals surface area contributed by atoms with E-state index in [-0.39, 0.29) is 12.2 Å². The van der Waals surface area contributed by atoms with Crippen LogP contribution in [0, 0.1) is 0 Å². The van der Waals surface area contributed by atoms with Crippen LogP contribution in [0.15, 0.2) is 0 Å². The number of hydrogen-bond acceptors (Lipinski definition) is 5. The minimum atomic E-state index is -2.45. The Hall–Kier alpha value is 0.555. The Labute approximate surface area is 96.9 Å². The van der Waals surface area contributed by atoms with E-state index in [0.29, 0.717) is 13.2 Å². The quantitative estimate of drug-likeness (QED) is 0.553. The molecule has 7 heteroatoms. The summed E-state index contributed by atoms with van der Waals surface area (Å²) in [5.74, 6) is 0. The monoisotopic (exact) mass is 252 g/mol. The number of rotatable bonds is 5. The average Bonchev–Trinajstić information content (AvgIpc) is 2.48. The molecule has 0 aliphatic carbocycles. The van der Waals surface area contributed by atoms with Crippen LogP contribution in [0.4, 0.5) is 0 Å². The second-order valence-corrected chi connectivity index (χ2v) is 6.91. The number of hydrogen-bond donors (Lipinski definition) is 0. The van der Waals surface area contributed by atoms with Gasteiger partial charge < -0.3 is 18.4 Å². The molecule has 1 heterocycles. The van der Waals surface area contributed by atoms with Crippen molar-refractivity contribution in [2.75, 3.05) is 13.2 Å². The first-order valence-corrected chi connectivity index (χ1v) is 7.94. The summed E-state index contributed by atoms with van der Waals surface area (Å²) < 4.78 is 22.2. The molecule has 2 unspecified atom stereocenters. The van der Waals surface area contributed by atoms with Crippen molar-refractivity contribution in [1.82, 2.24) is 0 Å². The SMILES string of the molecule is CCOP(=S)(OCC)B1OC(C)C(C)O1. The summed E-state index contributed by atoms with van der Waals surface area (Å²) in [6, 6.07) is 0. The van der Waals surface area contributed by atoms with E-state index in [2.05, 4.69) is 0 Å². The molecule has 0 N–H and O–H groups in total. The van der Waals surface area contributed by atoms with Crippen LogP contribution in [-0.2, 0) is 30.2 Å². The molecule has 1 fully saturated rings. The van der Waals surface area contributed by atoms with Crippen molar-refractivity contribution in [2.24, 2.45) is 0 Å². The van der Waals surface area contributed by atoms with Gasteiger partial charge in [-0.25, -0.2) is 0 Å². The second kappa shape index (κ2) is 5.76. The average molecular weight is 252 g/mol. The fourth-order valence-corrected chi connectivity index (χ4v) is 3.94. The molecule has 15 heavy (non-hydrogen) atoms. The second-order valence-electron chi connectivity index (χ2n) is 3.36. The van der Waals surface area contributed by atoms with Crippen LogP contribution >= 0.6 is 6.37 Å². The molecular weight excluding hydrogens is 234 g/mol. The Morgan fingerprint density at radius 2 is 1.53 bits per heavy atom. The maximum absolute atomic E-state index is 5.62. The lowest BCUT2D eigenvalue weighted by atomic mass is 10.3. The summed E-state index contributed by atoms with van der Waals surface area (Å²) in [6.45, 7) is 8.22. The van der Waals surface area contributed by atoms with Gasteiger partial charge in [0, 0.05) is 0 Å². The highest BCUT2D eigenvalue weighted by Gasteiger charge is 2.48. The topological polar surface area (TPSA) is 36.9 Å². The third kappa shape index (κ3) is 3.25.